The molecule has 0 radical (unpaired) electrons. The number of hydrogen-bond donors (Lipinski definition) is 0. The first kappa shape index (κ1) is 15.8. The molecule has 5 nitrogen and oxygen atoms in total. The minimum atomic E-state index is -4.63. The molecule has 0 N–H and O–H groups in total. The van der Waals surface area contributed by atoms with Crippen LogP contribution >= 0.6 is 11.3 Å². The van der Waals surface area contributed by atoms with Crippen LogP contribution in [0.2, 0.25) is 0 Å². The van der Waals surface area contributed by atoms with Gasteiger partial charge < -0.3 is 4.42 Å². The van der Waals surface area contributed by atoms with Crippen LogP contribution in [0.4, 0.5) is 13.2 Å². The fourth-order valence-electron chi connectivity index (χ4n) is 2.66. The maximum absolute atomic E-state index is 13.6. The third-order valence-electron chi connectivity index (χ3n) is 3.84. The second-order valence-electron chi connectivity index (χ2n) is 5.33. The van der Waals surface area contributed by atoms with Gasteiger partial charge in [0.15, 0.2) is 0 Å². The van der Waals surface area contributed by atoms with E-state index in [1.165, 1.54) is 22.2 Å². The molecule has 0 bridgehead atoms. The van der Waals surface area contributed by atoms with Crippen molar-refractivity contribution in [1.29, 1.82) is 0 Å². The van der Waals surface area contributed by atoms with Gasteiger partial charge in [-0.3, -0.25) is 9.36 Å². The highest BCUT2D eigenvalue weighted by molar-refractivity contribution is 7.13. The molecule has 0 aromatic carbocycles. The Morgan fingerprint density at radius 1 is 1.36 bits per heavy atom. The lowest BCUT2D eigenvalue weighted by molar-refractivity contribution is -0.136. The first-order valence-electron chi connectivity index (χ1n) is 7.34. The van der Waals surface area contributed by atoms with Crippen LogP contribution in [-0.4, -0.2) is 14.5 Å². The van der Waals surface area contributed by atoms with Gasteiger partial charge in [-0.15, -0.1) is 11.3 Å². The van der Waals surface area contributed by atoms with E-state index in [2.05, 4.69) is 9.97 Å². The second kappa shape index (κ2) is 5.41. The Morgan fingerprint density at radius 3 is 2.80 bits per heavy atom. The van der Waals surface area contributed by atoms with Gasteiger partial charge in [-0.2, -0.15) is 13.2 Å². The number of hydrogen-bond acceptors (Lipinski definition) is 5. The molecule has 0 spiro atoms. The standard InChI is InChI=1S/C16H10F3N3O2S/c1-2-22-7-20-12-11-8(16(17,18)19)6-9(10-4-3-5-25-10)21-14(11)24-13(12)15(22)23/h3-7H,2H2,1H3. The first-order valence-corrected chi connectivity index (χ1v) is 8.22. The molecule has 4 aromatic rings. The normalized spacial score (nSPS) is 12.3. The minimum Gasteiger partial charge on any atom is -0.430 e. The van der Waals surface area contributed by atoms with Crippen LogP contribution in [-0.2, 0) is 12.7 Å². The molecule has 4 heterocycles. The van der Waals surface area contributed by atoms with Crippen molar-refractivity contribution in [2.75, 3.05) is 0 Å². The van der Waals surface area contributed by atoms with E-state index in [-0.39, 0.29) is 27.9 Å². The molecule has 9 heteroatoms. The van der Waals surface area contributed by atoms with Gasteiger partial charge >= 0.3 is 6.18 Å². The predicted octanol–water partition coefficient (Wildman–Crippen LogP) is 4.30. The number of furan rings is 1. The summed E-state index contributed by atoms with van der Waals surface area (Å²) in [6.07, 6.45) is -3.42. The number of thiophene rings is 1. The zero-order valence-corrected chi connectivity index (χ0v) is 13.6. The van der Waals surface area contributed by atoms with E-state index >= 15 is 0 Å². The summed E-state index contributed by atoms with van der Waals surface area (Å²) in [5, 5.41) is 1.46. The number of aromatic nitrogens is 3. The molecular weight excluding hydrogens is 355 g/mol. The van der Waals surface area contributed by atoms with Crippen molar-refractivity contribution in [1.82, 2.24) is 14.5 Å². The number of aryl methyl sites for hydroxylation is 1. The second-order valence-corrected chi connectivity index (χ2v) is 6.27. The zero-order valence-electron chi connectivity index (χ0n) is 12.8. The molecule has 0 amide bonds. The molecule has 0 aliphatic heterocycles. The van der Waals surface area contributed by atoms with E-state index in [0.717, 1.165) is 6.07 Å². The van der Waals surface area contributed by atoms with Crippen LogP contribution in [0.1, 0.15) is 12.5 Å². The van der Waals surface area contributed by atoms with Crippen LogP contribution in [0, 0.1) is 0 Å². The first-order chi connectivity index (χ1) is 11.9. The van der Waals surface area contributed by atoms with Crippen LogP contribution in [0.5, 0.6) is 0 Å². The van der Waals surface area contributed by atoms with E-state index < -0.39 is 17.3 Å². The number of nitrogens with zero attached hydrogens (tertiary/aromatic N) is 3. The van der Waals surface area contributed by atoms with Gasteiger partial charge in [0.05, 0.1) is 27.8 Å². The zero-order chi connectivity index (χ0) is 17.8. The average Bonchev–Trinajstić information content (AvgIpc) is 3.21. The van der Waals surface area contributed by atoms with Crippen molar-refractivity contribution >= 4 is 33.5 Å². The summed E-state index contributed by atoms with van der Waals surface area (Å²) in [4.78, 5) is 21.1. The topological polar surface area (TPSA) is 60.9 Å². The van der Waals surface area contributed by atoms with Crippen molar-refractivity contribution < 1.29 is 17.6 Å². The third-order valence-corrected chi connectivity index (χ3v) is 4.73. The van der Waals surface area contributed by atoms with Gasteiger partial charge in [0, 0.05) is 6.54 Å². The third kappa shape index (κ3) is 2.42. The fourth-order valence-corrected chi connectivity index (χ4v) is 3.35. The van der Waals surface area contributed by atoms with Gasteiger partial charge in [-0.05, 0) is 24.4 Å². The van der Waals surface area contributed by atoms with E-state index in [1.807, 2.05) is 0 Å². The number of pyridine rings is 1. The summed E-state index contributed by atoms with van der Waals surface area (Å²) >= 11 is 1.27. The molecule has 25 heavy (non-hydrogen) atoms. The fraction of sp³-hybridized carbons (Fsp3) is 0.188. The van der Waals surface area contributed by atoms with Crippen molar-refractivity contribution in [3.8, 4) is 10.6 Å². The lowest BCUT2D eigenvalue weighted by Gasteiger charge is -2.09. The van der Waals surface area contributed by atoms with Gasteiger partial charge in [0.2, 0.25) is 11.3 Å². The predicted molar refractivity (Wildman–Crippen MR) is 87.6 cm³/mol. The summed E-state index contributed by atoms with van der Waals surface area (Å²) in [6, 6.07) is 4.36. The maximum Gasteiger partial charge on any atom is 0.417 e. The summed E-state index contributed by atoms with van der Waals surface area (Å²) in [5.74, 6) is 0. The van der Waals surface area contributed by atoms with E-state index in [0.29, 0.717) is 11.4 Å². The highest BCUT2D eigenvalue weighted by Crippen LogP contribution is 2.40. The average molecular weight is 365 g/mol. The Balaban J connectivity index is 2.15. The van der Waals surface area contributed by atoms with Crippen LogP contribution in [0.25, 0.3) is 32.8 Å². The summed E-state index contributed by atoms with van der Waals surface area (Å²) in [6.45, 7) is 2.06. The number of fused-ring (bicyclic) bond motifs is 3. The van der Waals surface area contributed by atoms with Gasteiger partial charge in [-0.25, -0.2) is 9.97 Å². The van der Waals surface area contributed by atoms with E-state index in [9.17, 15) is 18.0 Å². The summed E-state index contributed by atoms with van der Waals surface area (Å²) < 4.78 is 47.5. The Kier molecular flexibility index (Phi) is 3.43. The largest absolute Gasteiger partial charge is 0.430 e. The molecule has 0 aliphatic carbocycles. The molecule has 4 aromatic heterocycles. The van der Waals surface area contributed by atoms with Crippen molar-refractivity contribution in [2.45, 2.75) is 19.6 Å². The van der Waals surface area contributed by atoms with Gasteiger partial charge in [-0.1, -0.05) is 6.07 Å². The molecule has 0 unspecified atom stereocenters. The van der Waals surface area contributed by atoms with Gasteiger partial charge in [0.1, 0.15) is 5.52 Å². The van der Waals surface area contributed by atoms with Crippen molar-refractivity contribution in [2.24, 2.45) is 0 Å². The lowest BCUT2D eigenvalue weighted by atomic mass is 10.1. The molecule has 0 fully saturated rings. The van der Waals surface area contributed by atoms with E-state index in [4.69, 9.17) is 4.42 Å². The van der Waals surface area contributed by atoms with Gasteiger partial charge in [0.25, 0.3) is 5.56 Å². The monoisotopic (exact) mass is 365 g/mol. The van der Waals surface area contributed by atoms with Crippen LogP contribution in [0.15, 0.2) is 39.1 Å². The highest BCUT2D eigenvalue weighted by Gasteiger charge is 2.36. The van der Waals surface area contributed by atoms with Crippen LogP contribution in [0.3, 0.4) is 0 Å². The highest BCUT2D eigenvalue weighted by atomic mass is 32.1. The number of alkyl halides is 3. The molecule has 0 saturated heterocycles. The Hall–Kier alpha value is -2.68. The molecule has 4 rings (SSSR count). The Bertz CT molecular complexity index is 1140. The SMILES string of the molecule is CCn1cnc2c(oc3nc(-c4cccs4)cc(C(F)(F)F)c32)c1=O. The Morgan fingerprint density at radius 2 is 2.16 bits per heavy atom. The molecule has 0 aliphatic rings. The summed E-state index contributed by atoms with van der Waals surface area (Å²) in [5.41, 5.74) is -1.89. The lowest BCUT2D eigenvalue weighted by Crippen LogP contribution is -2.18. The maximum atomic E-state index is 13.6. The molecule has 0 atom stereocenters. The van der Waals surface area contributed by atoms with Crippen molar-refractivity contribution in [3.63, 3.8) is 0 Å². The summed E-state index contributed by atoms with van der Waals surface area (Å²) in [7, 11) is 0. The minimum absolute atomic E-state index is 0.123. The smallest absolute Gasteiger partial charge is 0.417 e. The Labute approximate surface area is 142 Å². The number of halogens is 3. The van der Waals surface area contributed by atoms with E-state index in [1.54, 1.807) is 24.4 Å². The van der Waals surface area contributed by atoms with Crippen LogP contribution < -0.4 is 5.56 Å². The molecular formula is C16H10F3N3O2S. The molecule has 0 saturated carbocycles. The van der Waals surface area contributed by atoms with Crippen molar-refractivity contribution in [3.05, 3.63) is 45.8 Å². The molecule has 128 valence electrons. The quantitative estimate of drug-likeness (QED) is 0.531. The number of rotatable bonds is 2.